The highest BCUT2D eigenvalue weighted by molar-refractivity contribution is 9.10. The Morgan fingerprint density at radius 1 is 1.29 bits per heavy atom. The maximum atomic E-state index is 12.2. The lowest BCUT2D eigenvalue weighted by atomic mass is 10.3. The van der Waals surface area contributed by atoms with Crippen LogP contribution in [0.25, 0.3) is 0 Å². The van der Waals surface area contributed by atoms with E-state index < -0.39 is 10.8 Å². The van der Waals surface area contributed by atoms with Crippen LogP contribution in [0, 0.1) is 0 Å². The highest BCUT2D eigenvalue weighted by Gasteiger charge is 2.13. The molecule has 2 aromatic carbocycles. The molecule has 0 aromatic heterocycles. The Balaban J connectivity index is 2.04. The summed E-state index contributed by atoms with van der Waals surface area (Å²) in [4.78, 5) is 12.4. The average Bonchev–Trinajstić information content (AvgIpc) is 2.38. The fourth-order valence-electron chi connectivity index (χ4n) is 1.66. The molecule has 0 aliphatic carbocycles. The molecule has 1 atom stereocenters. The third-order valence-electron chi connectivity index (χ3n) is 2.57. The van der Waals surface area contributed by atoms with Gasteiger partial charge in [-0.3, -0.25) is 9.00 Å². The minimum Gasteiger partial charge on any atom is -0.399 e. The summed E-state index contributed by atoms with van der Waals surface area (Å²) in [6.45, 7) is 0. The summed E-state index contributed by atoms with van der Waals surface area (Å²) in [5.41, 5.74) is 6.76. The van der Waals surface area contributed by atoms with Crippen molar-refractivity contribution in [1.82, 2.24) is 0 Å². The van der Waals surface area contributed by atoms with Crippen LogP contribution >= 0.6 is 27.5 Å². The molecule has 2 rings (SSSR count). The van der Waals surface area contributed by atoms with Gasteiger partial charge in [0.2, 0.25) is 5.91 Å². The van der Waals surface area contributed by atoms with Gasteiger partial charge in [0.1, 0.15) is 5.75 Å². The van der Waals surface area contributed by atoms with Crippen LogP contribution in [0.2, 0.25) is 5.02 Å². The second kappa shape index (κ2) is 7.06. The Kier molecular flexibility index (Phi) is 5.39. The van der Waals surface area contributed by atoms with Crippen molar-refractivity contribution in [1.29, 1.82) is 0 Å². The van der Waals surface area contributed by atoms with E-state index in [0.29, 0.717) is 25.8 Å². The molecular formula is C14H12BrClN2O2S. The highest BCUT2D eigenvalue weighted by Crippen LogP contribution is 2.23. The Hall–Kier alpha value is -1.37. The number of hydrogen-bond acceptors (Lipinski definition) is 3. The summed E-state index contributed by atoms with van der Waals surface area (Å²) in [7, 11) is -1.46. The maximum Gasteiger partial charge on any atom is 0.237 e. The third kappa shape index (κ3) is 4.56. The zero-order chi connectivity index (χ0) is 15.4. The van der Waals surface area contributed by atoms with Gasteiger partial charge in [0, 0.05) is 20.9 Å². The number of nitrogens with one attached hydrogen (secondary N) is 1. The van der Waals surface area contributed by atoms with Crippen LogP contribution in [0.15, 0.2) is 51.8 Å². The Labute approximate surface area is 138 Å². The molecule has 2 aromatic rings. The fraction of sp³-hybridized carbons (Fsp3) is 0.0714. The minimum atomic E-state index is -1.46. The molecule has 1 unspecified atom stereocenters. The van der Waals surface area contributed by atoms with Gasteiger partial charge in [-0.2, -0.15) is 0 Å². The number of rotatable bonds is 4. The van der Waals surface area contributed by atoms with E-state index in [1.807, 2.05) is 0 Å². The molecule has 0 fully saturated rings. The van der Waals surface area contributed by atoms with Crippen LogP contribution in [0.1, 0.15) is 0 Å². The van der Waals surface area contributed by atoms with Crippen molar-refractivity contribution < 1.29 is 9.00 Å². The van der Waals surface area contributed by atoms with E-state index in [1.54, 1.807) is 42.5 Å². The predicted molar refractivity (Wildman–Crippen MR) is 89.9 cm³/mol. The molecular weight excluding hydrogens is 376 g/mol. The molecule has 3 N–H and O–H groups in total. The molecule has 0 radical (unpaired) electrons. The standard InChI is InChI=1S/C14H12BrClN2O2S/c15-12-7-10(17)4-5-13(12)21(20)8-14(19)18-11-3-1-2-9(16)6-11/h1-7H,8,17H2,(H,18,19). The number of amides is 1. The van der Waals surface area contributed by atoms with Crippen LogP contribution in [-0.4, -0.2) is 15.9 Å². The molecule has 1 amide bonds. The fourth-order valence-corrected chi connectivity index (χ4v) is 3.75. The van der Waals surface area contributed by atoms with Crippen LogP contribution in [0.4, 0.5) is 11.4 Å². The van der Waals surface area contributed by atoms with Gasteiger partial charge in [0.15, 0.2) is 0 Å². The maximum absolute atomic E-state index is 12.2. The monoisotopic (exact) mass is 386 g/mol. The second-order valence-corrected chi connectivity index (χ2v) is 6.95. The van der Waals surface area contributed by atoms with Crippen molar-refractivity contribution in [2.24, 2.45) is 0 Å². The van der Waals surface area contributed by atoms with Crippen molar-refractivity contribution in [3.05, 3.63) is 52.0 Å². The Morgan fingerprint density at radius 3 is 2.71 bits per heavy atom. The largest absolute Gasteiger partial charge is 0.399 e. The first-order valence-corrected chi connectivity index (χ1v) is 8.43. The van der Waals surface area contributed by atoms with E-state index in [0.717, 1.165) is 0 Å². The van der Waals surface area contributed by atoms with Crippen molar-refractivity contribution in [3.8, 4) is 0 Å². The van der Waals surface area contributed by atoms with E-state index in [-0.39, 0.29) is 11.7 Å². The zero-order valence-corrected chi connectivity index (χ0v) is 14.0. The lowest BCUT2D eigenvalue weighted by Gasteiger charge is -2.07. The molecule has 0 bridgehead atoms. The van der Waals surface area contributed by atoms with Crippen LogP contribution in [-0.2, 0) is 15.6 Å². The summed E-state index contributed by atoms with van der Waals surface area (Å²) < 4.78 is 12.8. The molecule has 0 aliphatic rings. The molecule has 110 valence electrons. The smallest absolute Gasteiger partial charge is 0.237 e. The summed E-state index contributed by atoms with van der Waals surface area (Å²) in [5.74, 6) is -0.492. The number of benzene rings is 2. The average molecular weight is 388 g/mol. The highest BCUT2D eigenvalue weighted by atomic mass is 79.9. The first kappa shape index (κ1) is 16.0. The van der Waals surface area contributed by atoms with E-state index in [9.17, 15) is 9.00 Å². The molecule has 4 nitrogen and oxygen atoms in total. The molecule has 0 heterocycles. The number of hydrogen-bond donors (Lipinski definition) is 2. The van der Waals surface area contributed by atoms with Gasteiger partial charge in [0.25, 0.3) is 0 Å². The lowest BCUT2D eigenvalue weighted by molar-refractivity contribution is -0.113. The molecule has 0 aliphatic heterocycles. The predicted octanol–water partition coefficient (Wildman–Crippen LogP) is 3.43. The zero-order valence-electron chi connectivity index (χ0n) is 10.8. The normalized spacial score (nSPS) is 11.9. The van der Waals surface area contributed by atoms with Gasteiger partial charge < -0.3 is 11.1 Å². The van der Waals surface area contributed by atoms with Gasteiger partial charge in [-0.25, -0.2) is 0 Å². The van der Waals surface area contributed by atoms with Crippen LogP contribution < -0.4 is 11.1 Å². The Bertz CT molecular complexity index is 709. The Morgan fingerprint density at radius 2 is 2.05 bits per heavy atom. The van der Waals surface area contributed by atoms with E-state index in [2.05, 4.69) is 21.2 Å². The SMILES string of the molecule is Nc1ccc(S(=O)CC(=O)Nc2cccc(Cl)c2)c(Br)c1. The van der Waals surface area contributed by atoms with Gasteiger partial charge in [-0.05, 0) is 52.3 Å². The second-order valence-electron chi connectivity index (χ2n) is 4.24. The van der Waals surface area contributed by atoms with Crippen molar-refractivity contribution in [2.45, 2.75) is 4.90 Å². The number of halogens is 2. The summed E-state index contributed by atoms with van der Waals surface area (Å²) in [6, 6.07) is 11.7. The first-order valence-electron chi connectivity index (χ1n) is 5.94. The number of carbonyl (C=O) groups excluding carboxylic acids is 1. The third-order valence-corrected chi connectivity index (χ3v) is 5.10. The van der Waals surface area contributed by atoms with E-state index in [1.165, 1.54) is 0 Å². The number of carbonyl (C=O) groups is 1. The van der Waals surface area contributed by atoms with Crippen LogP contribution in [0.3, 0.4) is 0 Å². The number of nitrogen functional groups attached to an aromatic ring is 1. The molecule has 0 saturated heterocycles. The van der Waals surface area contributed by atoms with E-state index in [4.69, 9.17) is 17.3 Å². The summed E-state index contributed by atoms with van der Waals surface area (Å²) in [6.07, 6.45) is 0. The van der Waals surface area contributed by atoms with Crippen molar-refractivity contribution in [2.75, 3.05) is 16.8 Å². The number of nitrogens with two attached hydrogens (primary N) is 1. The molecule has 7 heteroatoms. The van der Waals surface area contributed by atoms with E-state index >= 15 is 0 Å². The first-order chi connectivity index (χ1) is 9.95. The molecule has 21 heavy (non-hydrogen) atoms. The van der Waals surface area contributed by atoms with Gasteiger partial charge in [-0.1, -0.05) is 17.7 Å². The van der Waals surface area contributed by atoms with Crippen molar-refractivity contribution in [3.63, 3.8) is 0 Å². The summed E-state index contributed by atoms with van der Waals surface area (Å²) >= 11 is 9.13. The quantitative estimate of drug-likeness (QED) is 0.789. The summed E-state index contributed by atoms with van der Waals surface area (Å²) in [5, 5.41) is 3.18. The topological polar surface area (TPSA) is 72.2 Å². The van der Waals surface area contributed by atoms with Gasteiger partial charge >= 0.3 is 0 Å². The van der Waals surface area contributed by atoms with Crippen LogP contribution in [0.5, 0.6) is 0 Å². The van der Waals surface area contributed by atoms with Crippen molar-refractivity contribution >= 4 is 55.6 Å². The molecule has 0 spiro atoms. The molecule has 0 saturated carbocycles. The number of anilines is 2. The van der Waals surface area contributed by atoms with Gasteiger partial charge in [0.05, 0.1) is 15.7 Å². The minimum absolute atomic E-state index is 0.144. The van der Waals surface area contributed by atoms with Gasteiger partial charge in [-0.15, -0.1) is 0 Å². The lowest BCUT2D eigenvalue weighted by Crippen LogP contribution is -2.19.